The summed E-state index contributed by atoms with van der Waals surface area (Å²) in [5, 5.41) is 18.6. The van der Waals surface area contributed by atoms with E-state index in [1.54, 1.807) is 9.80 Å². The Kier molecular flexibility index (Phi) is 15.7. The van der Waals surface area contributed by atoms with Gasteiger partial charge in [-0.05, 0) is 124 Å². The first kappa shape index (κ1) is 38.3. The van der Waals surface area contributed by atoms with Gasteiger partial charge in [0.15, 0.2) is 0 Å². The molecule has 0 aromatic carbocycles. The maximum absolute atomic E-state index is 9.32. The van der Waals surface area contributed by atoms with Gasteiger partial charge in [0, 0.05) is 49.7 Å². The molecule has 0 bridgehead atoms. The van der Waals surface area contributed by atoms with Crippen LogP contribution >= 0.6 is 21.6 Å². The van der Waals surface area contributed by atoms with Gasteiger partial charge in [-0.25, -0.2) is 0 Å². The maximum Gasteiger partial charge on any atom is 0.134 e. The summed E-state index contributed by atoms with van der Waals surface area (Å²) in [6, 6.07) is 0. The predicted molar refractivity (Wildman–Crippen MR) is 208 cm³/mol. The fourth-order valence-electron chi connectivity index (χ4n) is 6.94. The highest BCUT2D eigenvalue weighted by molar-refractivity contribution is 8.76. The Balaban J connectivity index is 1.26. The average molecular weight is 693 g/mol. The van der Waals surface area contributed by atoms with Gasteiger partial charge in [-0.3, -0.25) is 9.80 Å². The second-order valence-electron chi connectivity index (χ2n) is 13.4. The minimum atomic E-state index is 0.191. The number of hydrogen-bond donors (Lipinski definition) is 4. The van der Waals surface area contributed by atoms with Crippen molar-refractivity contribution in [2.45, 2.75) is 53.4 Å². The molecule has 2 heterocycles. The van der Waals surface area contributed by atoms with Gasteiger partial charge in [0.1, 0.15) is 24.5 Å². The van der Waals surface area contributed by atoms with E-state index in [4.69, 9.17) is 0 Å². The second-order valence-corrected chi connectivity index (χ2v) is 16.1. The van der Waals surface area contributed by atoms with Crippen LogP contribution in [0.15, 0.2) is 117 Å². The molecular formula is C40H60N4O2S2+2. The van der Waals surface area contributed by atoms with Crippen LogP contribution in [-0.4, -0.2) is 98.1 Å². The molecule has 6 nitrogen and oxygen atoms in total. The molecule has 2 aliphatic heterocycles. The molecule has 0 saturated carbocycles. The van der Waals surface area contributed by atoms with E-state index in [1.165, 1.54) is 56.2 Å². The molecule has 2 unspecified atom stereocenters. The zero-order chi connectivity index (χ0) is 34.5. The van der Waals surface area contributed by atoms with Crippen molar-refractivity contribution in [1.82, 2.24) is 9.80 Å². The normalized spacial score (nSPS) is 22.1. The van der Waals surface area contributed by atoms with Gasteiger partial charge in [0.2, 0.25) is 0 Å². The number of aliphatic hydroxyl groups is 2. The summed E-state index contributed by atoms with van der Waals surface area (Å²) in [5.74, 6) is 2.27. The molecule has 0 aromatic heterocycles. The topological polar surface area (TPSA) is 55.8 Å². The van der Waals surface area contributed by atoms with Crippen LogP contribution in [0.4, 0.5) is 0 Å². The van der Waals surface area contributed by atoms with Crippen LogP contribution in [-0.2, 0) is 0 Å². The molecule has 2 atom stereocenters. The molecule has 0 amide bonds. The van der Waals surface area contributed by atoms with E-state index in [1.807, 2.05) is 21.6 Å². The van der Waals surface area contributed by atoms with Crippen LogP contribution in [0.25, 0.3) is 0 Å². The second kappa shape index (κ2) is 19.7. The van der Waals surface area contributed by atoms with Gasteiger partial charge >= 0.3 is 0 Å². The van der Waals surface area contributed by atoms with E-state index in [0.29, 0.717) is 13.1 Å². The van der Waals surface area contributed by atoms with Crippen LogP contribution in [0.1, 0.15) is 53.4 Å². The summed E-state index contributed by atoms with van der Waals surface area (Å²) in [6.45, 7) is 15.1. The minimum Gasteiger partial charge on any atom is -0.395 e. The number of rotatable bonds is 17. The summed E-state index contributed by atoms with van der Waals surface area (Å²) in [7, 11) is 8.19. The van der Waals surface area contributed by atoms with Gasteiger partial charge in [0.25, 0.3) is 0 Å². The lowest BCUT2D eigenvalue weighted by Gasteiger charge is -2.27. The van der Waals surface area contributed by atoms with Crippen molar-refractivity contribution in [3.63, 3.8) is 0 Å². The molecule has 0 spiro atoms. The van der Waals surface area contributed by atoms with Crippen molar-refractivity contribution in [1.29, 1.82) is 0 Å². The summed E-state index contributed by atoms with van der Waals surface area (Å²) < 4.78 is 0. The average Bonchev–Trinajstić information content (AvgIpc) is 3.08. The number of hydrogen-bond acceptors (Lipinski definition) is 6. The third-order valence-corrected chi connectivity index (χ3v) is 12.3. The molecule has 48 heavy (non-hydrogen) atoms. The molecule has 8 heteroatoms. The highest BCUT2D eigenvalue weighted by Gasteiger charge is 2.22. The van der Waals surface area contributed by atoms with E-state index in [2.05, 4.69) is 112 Å². The third kappa shape index (κ3) is 11.0. The van der Waals surface area contributed by atoms with Crippen LogP contribution in [0.3, 0.4) is 0 Å². The van der Waals surface area contributed by atoms with Crippen molar-refractivity contribution < 1.29 is 20.0 Å². The van der Waals surface area contributed by atoms with E-state index in [-0.39, 0.29) is 13.2 Å². The lowest BCUT2D eigenvalue weighted by Crippen LogP contribution is -3.11. The van der Waals surface area contributed by atoms with Gasteiger partial charge in [0.05, 0.1) is 37.8 Å². The predicted octanol–water partition coefficient (Wildman–Crippen LogP) is 4.77. The Morgan fingerprint density at radius 1 is 0.708 bits per heavy atom. The Morgan fingerprint density at radius 2 is 1.12 bits per heavy atom. The van der Waals surface area contributed by atoms with Gasteiger partial charge in [-0.1, -0.05) is 33.7 Å². The molecule has 0 radical (unpaired) electrons. The fourth-order valence-corrected chi connectivity index (χ4v) is 9.04. The lowest BCUT2D eigenvalue weighted by atomic mass is 9.93. The van der Waals surface area contributed by atoms with Gasteiger partial charge in [-0.2, -0.15) is 0 Å². The number of quaternary nitrogens is 2. The Bertz CT molecular complexity index is 1330. The standard InChI is InChI=1S/C40H58N4O2S2/c1-31-29-37(41(5)19-23-45)15-13-35(31)27-33(3)39-11-7-9-17-43(39)21-25-47-48-26-22-44-18-10-8-12-40(44)34(4)28-36-14-16-38(30-32(36)2)42(6)20-24-46/h7-12,27-30,45-46H,13-26H2,1-6H3/p+2/b33-27+,34-28+. The van der Waals surface area contributed by atoms with Crippen LogP contribution in [0.5, 0.6) is 0 Å². The first-order chi connectivity index (χ1) is 23.2. The molecule has 0 saturated heterocycles. The molecule has 4 aliphatic rings. The van der Waals surface area contributed by atoms with E-state index in [9.17, 15) is 10.2 Å². The first-order valence-corrected chi connectivity index (χ1v) is 20.2. The Morgan fingerprint density at radius 3 is 1.50 bits per heavy atom. The largest absolute Gasteiger partial charge is 0.395 e. The van der Waals surface area contributed by atoms with Gasteiger partial charge < -0.3 is 20.0 Å². The number of allylic oxidation sites excluding steroid dienone is 16. The molecule has 4 N–H and O–H groups in total. The van der Waals surface area contributed by atoms with Crippen molar-refractivity contribution in [3.8, 4) is 0 Å². The Hall–Kier alpha value is -2.46. The van der Waals surface area contributed by atoms with E-state index in [0.717, 1.165) is 63.4 Å². The number of nitrogens with zero attached hydrogens (tertiary/aromatic N) is 2. The molecule has 262 valence electrons. The highest BCUT2D eigenvalue weighted by atomic mass is 33.1. The zero-order valence-electron chi connectivity index (χ0n) is 30.3. The number of likely N-dealkylation sites (N-methyl/N-ethyl adjacent to an activating group) is 2. The first-order valence-electron chi connectivity index (χ1n) is 17.7. The van der Waals surface area contributed by atoms with Crippen molar-refractivity contribution in [2.75, 3.05) is 78.1 Å². The molecular weight excluding hydrogens is 633 g/mol. The van der Waals surface area contributed by atoms with E-state index >= 15 is 0 Å². The summed E-state index contributed by atoms with van der Waals surface area (Å²) >= 11 is 0. The minimum absolute atomic E-state index is 0.191. The zero-order valence-corrected chi connectivity index (χ0v) is 31.9. The summed E-state index contributed by atoms with van der Waals surface area (Å²) in [4.78, 5) is 7.47. The summed E-state index contributed by atoms with van der Waals surface area (Å²) in [5.41, 5.74) is 13.8. The summed E-state index contributed by atoms with van der Waals surface area (Å²) in [6.07, 6.45) is 27.2. The quantitative estimate of drug-likeness (QED) is 0.130. The fraction of sp³-hybridized carbons (Fsp3) is 0.500. The number of nitrogens with one attached hydrogen (secondary N) is 2. The maximum atomic E-state index is 9.32. The SMILES string of the molecule is CC1=C(/C=C(\C)C2=CC=CC[NH+]2CCSSCC[NH+]2CC=CC=C2/C(C)=C/C2=C(C)C=C(N(C)CCO)CC2)CCC(N(C)CCO)=C1. The van der Waals surface area contributed by atoms with Crippen LogP contribution in [0, 0.1) is 0 Å². The number of aliphatic hydroxyl groups excluding tert-OH is 2. The monoisotopic (exact) mass is 692 g/mol. The van der Waals surface area contributed by atoms with Crippen LogP contribution < -0.4 is 9.80 Å². The van der Waals surface area contributed by atoms with E-state index < -0.39 is 0 Å². The van der Waals surface area contributed by atoms with Gasteiger partial charge in [-0.15, -0.1) is 0 Å². The van der Waals surface area contributed by atoms with Crippen LogP contribution in [0.2, 0.25) is 0 Å². The smallest absolute Gasteiger partial charge is 0.134 e. The van der Waals surface area contributed by atoms with Crippen molar-refractivity contribution >= 4 is 21.6 Å². The highest BCUT2D eigenvalue weighted by Crippen LogP contribution is 2.29. The van der Waals surface area contributed by atoms with Crippen molar-refractivity contribution in [3.05, 3.63) is 117 Å². The lowest BCUT2D eigenvalue weighted by molar-refractivity contribution is -0.850. The molecule has 2 aliphatic carbocycles. The molecule has 0 aromatic rings. The molecule has 4 rings (SSSR count). The Labute approximate surface area is 298 Å². The third-order valence-electron chi connectivity index (χ3n) is 9.91. The van der Waals surface area contributed by atoms with Crippen molar-refractivity contribution in [2.24, 2.45) is 0 Å². The molecule has 0 fully saturated rings.